The molecule has 0 saturated heterocycles. The number of rotatable bonds is 2. The normalized spacial score (nSPS) is 16.2. The minimum atomic E-state index is -0.846. The summed E-state index contributed by atoms with van der Waals surface area (Å²) in [5.74, 6) is 3.64. The lowest BCUT2D eigenvalue weighted by Crippen LogP contribution is -2.37. The lowest BCUT2D eigenvalue weighted by Gasteiger charge is -2.46. The van der Waals surface area contributed by atoms with Gasteiger partial charge in [0.05, 0.1) is 38.8 Å². The topological polar surface area (TPSA) is 7.65 Å². The Hall–Kier alpha value is -8.90. The molecule has 3 aliphatic rings. The third kappa shape index (κ3) is 4.45. The molecule has 16 rings (SSSR count). The number of fused-ring (bicyclic) bond motifs is 17. The highest BCUT2D eigenvalue weighted by Gasteiger charge is 2.52. The van der Waals surface area contributed by atoms with E-state index in [2.05, 4.69) is 240 Å². The summed E-state index contributed by atoms with van der Waals surface area (Å²) in [6.07, 6.45) is 7.93. The minimum Gasteiger partial charge on any atom is -0.310 e. The van der Waals surface area contributed by atoms with Crippen LogP contribution in [0.25, 0.3) is 81.9 Å². The molecule has 0 N–H and O–H groups in total. The first kappa shape index (κ1) is 37.2. The van der Waals surface area contributed by atoms with Crippen molar-refractivity contribution in [2.75, 3.05) is 4.90 Å². The Kier molecular flexibility index (Phi) is 7.10. The average molecular weight is 873 g/mol. The molecule has 0 saturated carbocycles. The molecule has 318 valence electrons. The quantitative estimate of drug-likeness (QED) is 0.124. The van der Waals surface area contributed by atoms with Crippen molar-refractivity contribution in [3.63, 3.8) is 0 Å². The Morgan fingerprint density at radius 3 is 1.71 bits per heavy atom. The van der Waals surface area contributed by atoms with Gasteiger partial charge >= 0.3 is 0 Å². The largest absolute Gasteiger partial charge is 0.310 e. The van der Waals surface area contributed by atoms with Gasteiger partial charge in [-0.15, -0.1) is 6.42 Å². The van der Waals surface area contributed by atoms with E-state index in [4.69, 9.17) is 6.42 Å². The van der Waals surface area contributed by atoms with Crippen molar-refractivity contribution in [1.29, 1.82) is 0 Å². The summed E-state index contributed by atoms with van der Waals surface area (Å²) < 4.78 is 2.55. The number of anilines is 3. The molecule has 11 aromatic carbocycles. The van der Waals surface area contributed by atoms with Gasteiger partial charge in [0.1, 0.15) is 0 Å². The van der Waals surface area contributed by atoms with Crippen molar-refractivity contribution >= 4 is 76.7 Å². The molecule has 13 aromatic rings. The van der Waals surface area contributed by atoms with Crippen LogP contribution in [0.15, 0.2) is 224 Å². The standard InChI is InChI=1S/C67H40N2/c1-2-66(43-35-36-61-57(38-43)67(54-29-12-7-22-45(54)46-23-8-13-30-55(46)67)56-31-14-17-34-60(56)68(61)44-20-4-3-5-21-44)40-42-37-41-19-18-27-50-48-25-9-15-32-58(48)69-59-33-16-10-26-49(59)52-39-51(47-24-6-11-28-53(47)66)63(42)64(62(41)50)65(52)69/h1,3-39H,40H2. The van der Waals surface area contributed by atoms with Gasteiger partial charge in [0.2, 0.25) is 0 Å². The number of hydrogen-bond acceptors (Lipinski definition) is 1. The van der Waals surface area contributed by atoms with Gasteiger partial charge in [0, 0.05) is 27.2 Å². The second kappa shape index (κ2) is 13.2. The van der Waals surface area contributed by atoms with Gasteiger partial charge < -0.3 is 9.30 Å². The second-order valence-electron chi connectivity index (χ2n) is 19.4. The van der Waals surface area contributed by atoms with Crippen LogP contribution in [-0.2, 0) is 17.3 Å². The predicted molar refractivity (Wildman–Crippen MR) is 287 cm³/mol. The molecule has 1 aliphatic heterocycles. The maximum absolute atomic E-state index is 7.30. The van der Waals surface area contributed by atoms with E-state index < -0.39 is 10.8 Å². The Morgan fingerprint density at radius 2 is 0.986 bits per heavy atom. The van der Waals surface area contributed by atoms with Gasteiger partial charge in [-0.25, -0.2) is 0 Å². The fraction of sp³-hybridized carbons (Fsp3) is 0.0448. The number of nitrogens with zero attached hydrogens (tertiary/aromatic N) is 2. The van der Waals surface area contributed by atoms with Crippen molar-refractivity contribution in [3.05, 3.63) is 263 Å². The summed E-state index contributed by atoms with van der Waals surface area (Å²) in [6.45, 7) is 0. The van der Waals surface area contributed by atoms with Gasteiger partial charge in [-0.1, -0.05) is 188 Å². The molecule has 2 nitrogen and oxygen atoms in total. The number of terminal acetylenes is 1. The molecule has 0 fully saturated rings. The zero-order valence-electron chi connectivity index (χ0n) is 37.5. The van der Waals surface area contributed by atoms with E-state index in [1.807, 2.05) is 0 Å². The molecule has 1 unspecified atom stereocenters. The van der Waals surface area contributed by atoms with Gasteiger partial charge in [-0.05, 0) is 132 Å². The van der Waals surface area contributed by atoms with E-state index in [9.17, 15) is 0 Å². The van der Waals surface area contributed by atoms with Crippen LogP contribution in [0.1, 0.15) is 38.9 Å². The molecule has 1 spiro atoms. The Bertz CT molecular complexity index is 4390. The van der Waals surface area contributed by atoms with Gasteiger partial charge in [-0.3, -0.25) is 0 Å². The highest BCUT2D eigenvalue weighted by molar-refractivity contribution is 6.35. The van der Waals surface area contributed by atoms with Gasteiger partial charge in [-0.2, -0.15) is 0 Å². The first-order valence-corrected chi connectivity index (χ1v) is 24.1. The SMILES string of the molecule is C#CC1(c2ccc3c(c2)C2(c4ccccc4-c4ccccc42)c2ccccc2N3c2ccccc2)Cc2cc3cccc4c5ccccc5n5c6ccccc6c6cc(c2c(c34)c65)-c2ccccc21. The lowest BCUT2D eigenvalue weighted by molar-refractivity contribution is 0.664. The van der Waals surface area contributed by atoms with Crippen molar-refractivity contribution in [2.45, 2.75) is 17.3 Å². The zero-order chi connectivity index (χ0) is 45.2. The van der Waals surface area contributed by atoms with Crippen LogP contribution in [0.3, 0.4) is 0 Å². The molecule has 0 bridgehead atoms. The van der Waals surface area contributed by atoms with E-state index in [0.29, 0.717) is 6.42 Å². The van der Waals surface area contributed by atoms with Crippen LogP contribution in [0.2, 0.25) is 0 Å². The Balaban J connectivity index is 1.05. The first-order chi connectivity index (χ1) is 34.2. The molecule has 2 heteroatoms. The maximum atomic E-state index is 7.30. The van der Waals surface area contributed by atoms with Gasteiger partial charge in [0.25, 0.3) is 0 Å². The van der Waals surface area contributed by atoms with E-state index in [1.54, 1.807) is 0 Å². The Morgan fingerprint density at radius 1 is 0.406 bits per heavy atom. The predicted octanol–water partition coefficient (Wildman–Crippen LogP) is 16.4. The highest BCUT2D eigenvalue weighted by Crippen LogP contribution is 2.64. The summed E-state index contributed by atoms with van der Waals surface area (Å²) in [7, 11) is 0. The third-order valence-electron chi connectivity index (χ3n) is 16.4. The molecule has 2 aromatic heterocycles. The van der Waals surface area contributed by atoms with Crippen LogP contribution < -0.4 is 4.90 Å². The molecular weight excluding hydrogens is 833 g/mol. The first-order valence-electron chi connectivity index (χ1n) is 24.1. The fourth-order valence-corrected chi connectivity index (χ4v) is 13.8. The number of aromatic nitrogens is 1. The van der Waals surface area contributed by atoms with E-state index in [1.165, 1.54) is 115 Å². The van der Waals surface area contributed by atoms with Crippen molar-refractivity contribution in [2.24, 2.45) is 0 Å². The highest BCUT2D eigenvalue weighted by atomic mass is 15.2. The summed E-state index contributed by atoms with van der Waals surface area (Å²) in [4.78, 5) is 2.47. The average Bonchev–Trinajstić information content (AvgIpc) is 3.81. The number of hydrogen-bond donors (Lipinski definition) is 0. The summed E-state index contributed by atoms with van der Waals surface area (Å²) in [6, 6.07) is 84.1. The number of benzene rings is 11. The van der Waals surface area contributed by atoms with E-state index in [0.717, 1.165) is 22.5 Å². The van der Waals surface area contributed by atoms with Crippen LogP contribution in [0, 0.1) is 12.3 Å². The van der Waals surface area contributed by atoms with Crippen molar-refractivity contribution < 1.29 is 0 Å². The second-order valence-corrected chi connectivity index (χ2v) is 19.4. The molecule has 69 heavy (non-hydrogen) atoms. The van der Waals surface area contributed by atoms with Crippen molar-refractivity contribution in [3.8, 4) is 34.6 Å². The van der Waals surface area contributed by atoms with Crippen LogP contribution >= 0.6 is 0 Å². The third-order valence-corrected chi connectivity index (χ3v) is 16.4. The van der Waals surface area contributed by atoms with E-state index >= 15 is 0 Å². The molecule has 1 atom stereocenters. The molecule has 2 aliphatic carbocycles. The lowest BCUT2D eigenvalue weighted by atomic mass is 9.62. The van der Waals surface area contributed by atoms with Crippen LogP contribution in [0.4, 0.5) is 17.1 Å². The van der Waals surface area contributed by atoms with Gasteiger partial charge in [0.15, 0.2) is 0 Å². The van der Waals surface area contributed by atoms with Crippen LogP contribution in [0.5, 0.6) is 0 Å². The van der Waals surface area contributed by atoms with Crippen LogP contribution in [-0.4, -0.2) is 4.40 Å². The summed E-state index contributed by atoms with van der Waals surface area (Å²) >= 11 is 0. The molecule has 0 radical (unpaired) electrons. The summed E-state index contributed by atoms with van der Waals surface area (Å²) in [5, 5.41) is 10.2. The minimum absolute atomic E-state index is 0.613. The Labute approximate surface area is 399 Å². The molecule has 0 amide bonds. The molecule has 3 heterocycles. The maximum Gasteiger partial charge on any atom is 0.0855 e. The summed E-state index contributed by atoms with van der Waals surface area (Å²) in [5.41, 5.74) is 19.3. The number of para-hydroxylation sites is 4. The monoisotopic (exact) mass is 872 g/mol. The molecular formula is C67H40N2. The van der Waals surface area contributed by atoms with Crippen molar-refractivity contribution in [1.82, 2.24) is 4.40 Å². The van der Waals surface area contributed by atoms with E-state index in [-0.39, 0.29) is 0 Å². The fourth-order valence-electron chi connectivity index (χ4n) is 13.8. The zero-order valence-corrected chi connectivity index (χ0v) is 37.5. The smallest absolute Gasteiger partial charge is 0.0855 e.